The van der Waals surface area contributed by atoms with E-state index in [0.717, 1.165) is 12.1 Å². The van der Waals surface area contributed by atoms with E-state index in [0.29, 0.717) is 5.92 Å². The first-order chi connectivity index (χ1) is 5.42. The normalized spacial score (nSPS) is 30.8. The highest BCUT2D eigenvalue weighted by Crippen LogP contribution is 2.33. The van der Waals surface area contributed by atoms with Gasteiger partial charge in [-0.2, -0.15) is 0 Å². The van der Waals surface area contributed by atoms with Crippen molar-refractivity contribution >= 4 is 5.71 Å². The summed E-state index contributed by atoms with van der Waals surface area (Å²) in [5.74, 6) is 0.629. The summed E-state index contributed by atoms with van der Waals surface area (Å²) in [7, 11) is 1.60. The van der Waals surface area contributed by atoms with E-state index in [-0.39, 0.29) is 0 Å². The summed E-state index contributed by atoms with van der Waals surface area (Å²) < 4.78 is 0. The molecule has 0 N–H and O–H groups in total. The van der Waals surface area contributed by atoms with Crippen molar-refractivity contribution in [3.05, 3.63) is 23.8 Å². The second-order valence-electron chi connectivity index (χ2n) is 2.87. The van der Waals surface area contributed by atoms with E-state index in [9.17, 15) is 0 Å². The third-order valence-corrected chi connectivity index (χ3v) is 2.25. The van der Waals surface area contributed by atoms with Gasteiger partial charge in [-0.25, -0.2) is 0 Å². The van der Waals surface area contributed by atoms with Crippen LogP contribution in [0.1, 0.15) is 12.8 Å². The van der Waals surface area contributed by atoms with E-state index >= 15 is 0 Å². The van der Waals surface area contributed by atoms with Crippen molar-refractivity contribution in [3.8, 4) is 0 Å². The standard InChI is InChI=1S/C9H11NO/c1-11-10-9-6-5-7-3-2-4-8(7)9/h2-4,7H,5-6H2,1H3/b10-9+. The quantitative estimate of drug-likeness (QED) is 0.522. The van der Waals surface area contributed by atoms with Gasteiger partial charge >= 0.3 is 0 Å². The van der Waals surface area contributed by atoms with Gasteiger partial charge in [0.1, 0.15) is 7.11 Å². The average molecular weight is 149 g/mol. The van der Waals surface area contributed by atoms with Crippen LogP contribution in [0.5, 0.6) is 0 Å². The second kappa shape index (κ2) is 2.53. The Bertz CT molecular complexity index is 250. The van der Waals surface area contributed by atoms with Gasteiger partial charge in [0.2, 0.25) is 0 Å². The molecule has 0 bridgehead atoms. The molecular formula is C9H11NO. The average Bonchev–Trinajstić information content (AvgIpc) is 2.53. The fourth-order valence-corrected chi connectivity index (χ4v) is 1.73. The fourth-order valence-electron chi connectivity index (χ4n) is 1.73. The smallest absolute Gasteiger partial charge is 0.106 e. The molecule has 2 aliphatic rings. The lowest BCUT2D eigenvalue weighted by molar-refractivity contribution is 0.213. The van der Waals surface area contributed by atoms with Gasteiger partial charge in [-0.3, -0.25) is 0 Å². The lowest BCUT2D eigenvalue weighted by Crippen LogP contribution is -1.96. The van der Waals surface area contributed by atoms with Gasteiger partial charge in [0.05, 0.1) is 5.71 Å². The van der Waals surface area contributed by atoms with Gasteiger partial charge in [-0.1, -0.05) is 23.4 Å². The number of hydrogen-bond acceptors (Lipinski definition) is 2. The molecule has 2 heteroatoms. The summed E-state index contributed by atoms with van der Waals surface area (Å²) in [4.78, 5) is 4.75. The molecule has 0 spiro atoms. The molecule has 1 unspecified atom stereocenters. The predicted molar refractivity (Wildman–Crippen MR) is 44.4 cm³/mol. The molecule has 0 radical (unpaired) electrons. The van der Waals surface area contributed by atoms with Gasteiger partial charge in [-0.05, 0) is 18.4 Å². The van der Waals surface area contributed by atoms with Gasteiger partial charge in [0, 0.05) is 5.92 Å². The van der Waals surface area contributed by atoms with Crippen LogP contribution < -0.4 is 0 Å². The Hall–Kier alpha value is -1.05. The van der Waals surface area contributed by atoms with Crippen molar-refractivity contribution in [3.63, 3.8) is 0 Å². The Balaban J connectivity index is 2.23. The fraction of sp³-hybridized carbons (Fsp3) is 0.444. The van der Waals surface area contributed by atoms with E-state index in [1.807, 2.05) is 0 Å². The van der Waals surface area contributed by atoms with Crippen molar-refractivity contribution < 1.29 is 4.84 Å². The SMILES string of the molecule is CO/N=C1\CCC2C=CC=C12. The van der Waals surface area contributed by atoms with E-state index in [1.54, 1.807) is 7.11 Å². The summed E-state index contributed by atoms with van der Waals surface area (Å²) in [6, 6.07) is 0. The lowest BCUT2D eigenvalue weighted by Gasteiger charge is -1.98. The minimum absolute atomic E-state index is 0.629. The Labute approximate surface area is 66.2 Å². The van der Waals surface area contributed by atoms with E-state index in [4.69, 9.17) is 4.84 Å². The molecule has 0 saturated heterocycles. The third-order valence-electron chi connectivity index (χ3n) is 2.25. The van der Waals surface area contributed by atoms with E-state index in [2.05, 4.69) is 23.4 Å². The van der Waals surface area contributed by atoms with Crippen molar-refractivity contribution in [2.75, 3.05) is 7.11 Å². The van der Waals surface area contributed by atoms with Crippen LogP contribution in [0.2, 0.25) is 0 Å². The van der Waals surface area contributed by atoms with Crippen LogP contribution in [-0.4, -0.2) is 12.8 Å². The third kappa shape index (κ3) is 0.985. The van der Waals surface area contributed by atoms with Crippen LogP contribution in [0, 0.1) is 5.92 Å². The molecule has 2 aliphatic carbocycles. The summed E-state index contributed by atoms with van der Waals surface area (Å²) in [5.41, 5.74) is 2.48. The van der Waals surface area contributed by atoms with Gasteiger partial charge < -0.3 is 4.84 Å². The van der Waals surface area contributed by atoms with Crippen molar-refractivity contribution in [1.29, 1.82) is 0 Å². The van der Waals surface area contributed by atoms with Crippen LogP contribution in [0.4, 0.5) is 0 Å². The summed E-state index contributed by atoms with van der Waals surface area (Å²) >= 11 is 0. The molecule has 58 valence electrons. The van der Waals surface area contributed by atoms with Gasteiger partial charge in [-0.15, -0.1) is 0 Å². The van der Waals surface area contributed by atoms with Gasteiger partial charge in [0.15, 0.2) is 0 Å². The predicted octanol–water partition coefficient (Wildman–Crippen LogP) is 1.90. The minimum Gasteiger partial charge on any atom is -0.399 e. The van der Waals surface area contributed by atoms with E-state index < -0.39 is 0 Å². The maximum atomic E-state index is 4.75. The van der Waals surface area contributed by atoms with Crippen molar-refractivity contribution in [2.24, 2.45) is 11.1 Å². The first kappa shape index (κ1) is 6.65. The zero-order valence-electron chi connectivity index (χ0n) is 6.58. The number of hydrogen-bond donors (Lipinski definition) is 0. The monoisotopic (exact) mass is 149 g/mol. The molecule has 0 heterocycles. The highest BCUT2D eigenvalue weighted by atomic mass is 16.6. The zero-order chi connectivity index (χ0) is 7.68. The number of oxime groups is 1. The first-order valence-corrected chi connectivity index (χ1v) is 3.90. The van der Waals surface area contributed by atoms with Crippen LogP contribution in [0.3, 0.4) is 0 Å². The number of rotatable bonds is 1. The van der Waals surface area contributed by atoms with Crippen LogP contribution >= 0.6 is 0 Å². The number of fused-ring (bicyclic) bond motifs is 1. The molecule has 0 aromatic heterocycles. The number of allylic oxidation sites excluding steroid dienone is 4. The van der Waals surface area contributed by atoms with Crippen LogP contribution in [0.25, 0.3) is 0 Å². The van der Waals surface area contributed by atoms with Crippen molar-refractivity contribution in [2.45, 2.75) is 12.8 Å². The molecule has 0 aliphatic heterocycles. The summed E-state index contributed by atoms with van der Waals surface area (Å²) in [5, 5.41) is 3.97. The van der Waals surface area contributed by atoms with E-state index in [1.165, 1.54) is 12.0 Å². The molecule has 11 heavy (non-hydrogen) atoms. The molecule has 2 nitrogen and oxygen atoms in total. The summed E-state index contributed by atoms with van der Waals surface area (Å²) in [6.07, 6.45) is 8.73. The van der Waals surface area contributed by atoms with Crippen LogP contribution in [-0.2, 0) is 4.84 Å². The summed E-state index contributed by atoms with van der Waals surface area (Å²) in [6.45, 7) is 0. The molecule has 1 atom stereocenters. The molecule has 1 saturated carbocycles. The Morgan fingerprint density at radius 2 is 2.55 bits per heavy atom. The highest BCUT2D eigenvalue weighted by Gasteiger charge is 2.26. The molecule has 0 aromatic rings. The molecule has 0 aromatic carbocycles. The largest absolute Gasteiger partial charge is 0.399 e. The zero-order valence-corrected chi connectivity index (χ0v) is 6.58. The van der Waals surface area contributed by atoms with Crippen molar-refractivity contribution in [1.82, 2.24) is 0 Å². The second-order valence-corrected chi connectivity index (χ2v) is 2.87. The minimum atomic E-state index is 0.629. The van der Waals surface area contributed by atoms with Gasteiger partial charge in [0.25, 0.3) is 0 Å². The molecular weight excluding hydrogens is 138 g/mol. The Kier molecular flexibility index (Phi) is 1.53. The first-order valence-electron chi connectivity index (χ1n) is 3.90. The maximum Gasteiger partial charge on any atom is 0.106 e. The Morgan fingerprint density at radius 3 is 3.36 bits per heavy atom. The Morgan fingerprint density at radius 1 is 1.64 bits per heavy atom. The van der Waals surface area contributed by atoms with Crippen LogP contribution in [0.15, 0.2) is 29.0 Å². The number of nitrogens with zero attached hydrogens (tertiary/aromatic N) is 1. The highest BCUT2D eigenvalue weighted by molar-refractivity contribution is 6.03. The molecule has 2 rings (SSSR count). The molecule has 1 fully saturated rings. The maximum absolute atomic E-state index is 4.75. The topological polar surface area (TPSA) is 21.6 Å². The lowest BCUT2D eigenvalue weighted by atomic mass is 10.1. The molecule has 0 amide bonds.